The zero-order chi connectivity index (χ0) is 29.5. The maximum Gasteiger partial charge on any atom is 3.00 e. The molecule has 0 fully saturated rings. The number of hydrogen-bond acceptors (Lipinski definition) is 1. The van der Waals surface area contributed by atoms with E-state index in [2.05, 4.69) is 123 Å². The van der Waals surface area contributed by atoms with Gasteiger partial charge in [-0.1, -0.05) is 108 Å². The topological polar surface area (TPSA) is 26.1 Å². The van der Waals surface area contributed by atoms with Gasteiger partial charge in [-0.3, -0.25) is 0 Å². The summed E-state index contributed by atoms with van der Waals surface area (Å²) >= 11 is 0. The molecule has 0 spiro atoms. The number of rotatable bonds is 5. The van der Waals surface area contributed by atoms with Gasteiger partial charge in [-0.15, -0.1) is 41.3 Å². The molecule has 218 valence electrons. The standard InChI is InChI=1S/C29H22N3.C11H8N.Ir/c1-2-3-18-30-19-31(26-15-9-8-14-25(26)30)27-17-16-21-20-10-4-6-12-23(20)32-24-13-7-5-11-22(24)28(27)29(21)32;1-2-6-10(7-3-1)11-8-4-5-9-12-11;/h4-16H,2-3,18H2,1H3;1-6,8-9H;/q2*-1;+3. The van der Waals surface area contributed by atoms with Gasteiger partial charge in [-0.25, -0.2) is 0 Å². The van der Waals surface area contributed by atoms with E-state index in [4.69, 9.17) is 0 Å². The van der Waals surface area contributed by atoms with Crippen molar-refractivity contribution in [2.24, 2.45) is 0 Å². The number of para-hydroxylation sites is 4. The molecular formula is C40H30IrN4+. The van der Waals surface area contributed by atoms with Crippen molar-refractivity contribution in [2.45, 2.75) is 26.3 Å². The molecule has 0 saturated carbocycles. The van der Waals surface area contributed by atoms with Crippen molar-refractivity contribution in [3.8, 4) is 16.9 Å². The normalized spacial score (nSPS) is 11.3. The van der Waals surface area contributed by atoms with E-state index in [-0.39, 0.29) is 20.1 Å². The Morgan fingerprint density at radius 3 is 2.18 bits per heavy atom. The van der Waals surface area contributed by atoms with Crippen molar-refractivity contribution in [1.82, 2.24) is 14.0 Å². The molecule has 0 aliphatic rings. The fourth-order valence-corrected chi connectivity index (χ4v) is 6.39. The summed E-state index contributed by atoms with van der Waals surface area (Å²) in [6.07, 6.45) is 7.75. The summed E-state index contributed by atoms with van der Waals surface area (Å²) < 4.78 is 6.90. The Kier molecular flexibility index (Phi) is 7.89. The average Bonchev–Trinajstić information content (AvgIpc) is 3.76. The molecule has 0 bridgehead atoms. The maximum absolute atomic E-state index is 4.22. The van der Waals surface area contributed by atoms with Crippen LogP contribution < -0.4 is 4.57 Å². The van der Waals surface area contributed by atoms with Crippen LogP contribution in [-0.4, -0.2) is 14.0 Å². The SMILES string of the molecule is CCCC[n+]1[c-]n(-c2[c-]cc3c4ccccc4n4c5ccccc5c2c34)c2ccccc21.[Ir+3].[c-]1ccccc1-c1ccccn1. The van der Waals surface area contributed by atoms with Crippen LogP contribution in [0.25, 0.3) is 66.1 Å². The van der Waals surface area contributed by atoms with Gasteiger partial charge in [0.15, 0.2) is 0 Å². The molecule has 0 amide bonds. The number of fused-ring (bicyclic) bond motifs is 7. The van der Waals surface area contributed by atoms with Crippen LogP contribution in [0.1, 0.15) is 19.8 Å². The Hall–Kier alpha value is -4.83. The molecule has 4 nitrogen and oxygen atoms in total. The molecule has 0 atom stereocenters. The second-order valence-corrected chi connectivity index (χ2v) is 11.1. The Balaban J connectivity index is 0.000000211. The molecule has 0 aliphatic heterocycles. The van der Waals surface area contributed by atoms with Gasteiger partial charge in [-0.05, 0) is 35.7 Å². The van der Waals surface area contributed by atoms with Crippen molar-refractivity contribution in [3.05, 3.63) is 146 Å². The number of benzene rings is 5. The number of nitrogens with zero attached hydrogens (tertiary/aromatic N) is 4. The molecule has 0 saturated heterocycles. The monoisotopic (exact) mass is 759 g/mol. The van der Waals surface area contributed by atoms with E-state index >= 15 is 0 Å². The summed E-state index contributed by atoms with van der Waals surface area (Å²) in [6, 6.07) is 48.7. The van der Waals surface area contributed by atoms with Crippen molar-refractivity contribution in [2.75, 3.05) is 0 Å². The van der Waals surface area contributed by atoms with E-state index in [0.29, 0.717) is 0 Å². The molecule has 0 radical (unpaired) electrons. The fraction of sp³-hybridized carbons (Fsp3) is 0.100. The number of aryl methyl sites for hydroxylation is 1. The van der Waals surface area contributed by atoms with Gasteiger partial charge in [0, 0.05) is 17.2 Å². The molecular weight excluding hydrogens is 729 g/mol. The Morgan fingerprint density at radius 1 is 0.711 bits per heavy atom. The first-order chi connectivity index (χ1) is 21.8. The minimum absolute atomic E-state index is 0. The minimum atomic E-state index is 0. The molecule has 0 aliphatic carbocycles. The second-order valence-electron chi connectivity index (χ2n) is 11.1. The van der Waals surface area contributed by atoms with Crippen LogP contribution in [-0.2, 0) is 26.7 Å². The number of pyridine rings is 1. The van der Waals surface area contributed by atoms with Gasteiger partial charge in [0.05, 0.1) is 17.6 Å². The average molecular weight is 759 g/mol. The molecule has 0 N–H and O–H groups in total. The number of hydrogen-bond donors (Lipinski definition) is 0. The van der Waals surface area contributed by atoms with E-state index in [1.54, 1.807) is 6.20 Å². The molecule has 9 aromatic rings. The van der Waals surface area contributed by atoms with E-state index < -0.39 is 0 Å². The van der Waals surface area contributed by atoms with Crippen LogP contribution in [0.15, 0.2) is 128 Å². The zero-order valence-corrected chi connectivity index (χ0v) is 27.3. The smallest absolute Gasteiger partial charge is 0.341 e. The third kappa shape index (κ3) is 4.89. The summed E-state index contributed by atoms with van der Waals surface area (Å²) in [6.45, 7) is 3.20. The molecule has 4 aromatic heterocycles. The Bertz CT molecular complexity index is 2330. The maximum atomic E-state index is 4.22. The van der Waals surface area contributed by atoms with E-state index in [9.17, 15) is 0 Å². The molecule has 0 unspecified atom stereocenters. The summed E-state index contributed by atoms with van der Waals surface area (Å²) in [4.78, 5) is 4.22. The fourth-order valence-electron chi connectivity index (χ4n) is 6.39. The first kappa shape index (κ1) is 28.9. The molecule has 45 heavy (non-hydrogen) atoms. The largest absolute Gasteiger partial charge is 3.00 e. The third-order valence-electron chi connectivity index (χ3n) is 8.40. The van der Waals surface area contributed by atoms with Crippen LogP contribution in [0.5, 0.6) is 0 Å². The summed E-state index contributed by atoms with van der Waals surface area (Å²) in [7, 11) is 0. The number of imidazole rings is 1. The van der Waals surface area contributed by atoms with Crippen LogP contribution in [0, 0.1) is 18.5 Å². The van der Waals surface area contributed by atoms with Gasteiger partial charge in [0.25, 0.3) is 0 Å². The van der Waals surface area contributed by atoms with Gasteiger partial charge in [0.1, 0.15) is 0 Å². The van der Waals surface area contributed by atoms with Gasteiger partial charge >= 0.3 is 20.1 Å². The summed E-state index contributed by atoms with van der Waals surface area (Å²) in [5.74, 6) is 0. The quantitative estimate of drug-likeness (QED) is 0.127. The van der Waals surface area contributed by atoms with Crippen LogP contribution in [0.3, 0.4) is 0 Å². The van der Waals surface area contributed by atoms with Gasteiger partial charge < -0.3 is 18.5 Å². The third-order valence-corrected chi connectivity index (χ3v) is 8.40. The predicted octanol–water partition coefficient (Wildman–Crippen LogP) is 9.01. The van der Waals surface area contributed by atoms with Crippen LogP contribution >= 0.6 is 0 Å². The summed E-state index contributed by atoms with van der Waals surface area (Å²) in [5.41, 5.74) is 9.22. The molecule has 5 heteroatoms. The Morgan fingerprint density at radius 2 is 1.42 bits per heavy atom. The second kappa shape index (κ2) is 12.3. The van der Waals surface area contributed by atoms with E-state index in [0.717, 1.165) is 36.3 Å². The molecule has 9 rings (SSSR count). The van der Waals surface area contributed by atoms with E-state index in [1.807, 2.05) is 42.5 Å². The van der Waals surface area contributed by atoms with Gasteiger partial charge in [-0.2, -0.15) is 12.1 Å². The first-order valence-corrected chi connectivity index (χ1v) is 15.2. The van der Waals surface area contributed by atoms with Gasteiger partial charge in [0.2, 0.25) is 6.33 Å². The molecule has 5 aromatic carbocycles. The van der Waals surface area contributed by atoms with Crippen molar-refractivity contribution >= 4 is 49.1 Å². The minimum Gasteiger partial charge on any atom is -0.341 e. The van der Waals surface area contributed by atoms with Crippen molar-refractivity contribution in [3.63, 3.8) is 0 Å². The first-order valence-electron chi connectivity index (χ1n) is 15.2. The molecule has 4 heterocycles. The number of unbranched alkanes of at least 4 members (excludes halogenated alkanes) is 1. The predicted molar refractivity (Wildman–Crippen MR) is 179 cm³/mol. The Labute approximate surface area is 275 Å². The van der Waals surface area contributed by atoms with Crippen LogP contribution in [0.2, 0.25) is 0 Å². The van der Waals surface area contributed by atoms with Crippen molar-refractivity contribution < 1.29 is 24.7 Å². The number of aromatic nitrogens is 4. The van der Waals surface area contributed by atoms with Crippen LogP contribution in [0.4, 0.5) is 0 Å². The van der Waals surface area contributed by atoms with Crippen molar-refractivity contribution in [1.29, 1.82) is 0 Å². The van der Waals surface area contributed by atoms with E-state index in [1.165, 1.54) is 49.1 Å². The zero-order valence-electron chi connectivity index (χ0n) is 24.9. The summed E-state index contributed by atoms with van der Waals surface area (Å²) in [5, 5.41) is 5.04.